The van der Waals surface area contributed by atoms with Gasteiger partial charge >= 0.3 is 0 Å². The fraction of sp³-hybridized carbons (Fsp3) is 0.348. The van der Waals surface area contributed by atoms with E-state index in [-0.39, 0.29) is 11.4 Å². The van der Waals surface area contributed by atoms with Crippen molar-refractivity contribution in [2.75, 3.05) is 19.0 Å². The number of methoxy groups -OCH3 is 1. The standard InChI is InChI=1S/C23H26N2O3/c1-6-27-22(24)21-20-14(19-16(26-5)8-7-9-17(19)28-21)10-11-15-18(20)13(2)12-23(3,4)25-15/h7-12,21,24-25H,6H2,1-5H3. The van der Waals surface area contributed by atoms with Gasteiger partial charge in [-0.15, -0.1) is 0 Å². The number of ether oxygens (including phenoxy) is 3. The quantitative estimate of drug-likeness (QED) is 0.553. The number of rotatable bonds is 3. The molecule has 1 unspecified atom stereocenters. The minimum absolute atomic E-state index is 0.114. The Kier molecular flexibility index (Phi) is 4.33. The van der Waals surface area contributed by atoms with Gasteiger partial charge in [0.05, 0.1) is 24.8 Å². The fourth-order valence-electron chi connectivity index (χ4n) is 4.28. The van der Waals surface area contributed by atoms with E-state index in [4.69, 9.17) is 19.6 Å². The van der Waals surface area contributed by atoms with Crippen LogP contribution in [0.1, 0.15) is 44.9 Å². The Balaban J connectivity index is 2.01. The van der Waals surface area contributed by atoms with Crippen molar-refractivity contribution in [3.8, 4) is 22.6 Å². The maximum Gasteiger partial charge on any atom is 0.227 e. The van der Waals surface area contributed by atoms with Crippen LogP contribution >= 0.6 is 0 Å². The van der Waals surface area contributed by atoms with Crippen LogP contribution in [0, 0.1) is 5.41 Å². The molecule has 0 saturated carbocycles. The van der Waals surface area contributed by atoms with Gasteiger partial charge in [-0.1, -0.05) is 18.2 Å². The van der Waals surface area contributed by atoms with Gasteiger partial charge in [0.2, 0.25) is 5.90 Å². The second-order valence-corrected chi connectivity index (χ2v) is 7.75. The lowest BCUT2D eigenvalue weighted by Crippen LogP contribution is -2.33. The summed E-state index contributed by atoms with van der Waals surface area (Å²) in [5.74, 6) is 1.57. The SMILES string of the molecule is CCOC(=N)C1Oc2cccc(OC)c2-c2ccc3c(c21)C(C)=CC(C)(C)N3. The summed E-state index contributed by atoms with van der Waals surface area (Å²) in [6.07, 6.45) is 1.62. The van der Waals surface area contributed by atoms with E-state index in [9.17, 15) is 0 Å². The van der Waals surface area contributed by atoms with Crippen molar-refractivity contribution in [3.63, 3.8) is 0 Å². The number of nitrogens with one attached hydrogen (secondary N) is 2. The van der Waals surface area contributed by atoms with Crippen LogP contribution in [0.2, 0.25) is 0 Å². The summed E-state index contributed by atoms with van der Waals surface area (Å²) in [5.41, 5.74) is 6.01. The summed E-state index contributed by atoms with van der Waals surface area (Å²) in [4.78, 5) is 0. The normalized spacial score (nSPS) is 18.5. The summed E-state index contributed by atoms with van der Waals surface area (Å²) >= 11 is 0. The van der Waals surface area contributed by atoms with E-state index in [1.165, 1.54) is 0 Å². The second kappa shape index (κ2) is 6.59. The molecule has 0 fully saturated rings. The molecule has 2 N–H and O–H groups in total. The summed E-state index contributed by atoms with van der Waals surface area (Å²) in [6, 6.07) is 9.94. The van der Waals surface area contributed by atoms with Gasteiger partial charge in [-0.3, -0.25) is 5.41 Å². The van der Waals surface area contributed by atoms with Gasteiger partial charge in [-0.25, -0.2) is 0 Å². The Bertz CT molecular complexity index is 992. The van der Waals surface area contributed by atoms with Gasteiger partial charge in [-0.05, 0) is 57.0 Å². The topological polar surface area (TPSA) is 63.6 Å². The molecule has 0 bridgehead atoms. The van der Waals surface area contributed by atoms with E-state index in [0.717, 1.165) is 39.3 Å². The molecule has 146 valence electrons. The molecule has 0 aliphatic carbocycles. The molecule has 0 aromatic heterocycles. The zero-order valence-corrected chi connectivity index (χ0v) is 17.0. The largest absolute Gasteiger partial charge is 0.496 e. The first-order valence-electron chi connectivity index (χ1n) is 9.56. The number of hydrogen-bond acceptors (Lipinski definition) is 5. The van der Waals surface area contributed by atoms with Gasteiger partial charge in [-0.2, -0.15) is 0 Å². The molecule has 2 aromatic rings. The van der Waals surface area contributed by atoms with Crippen molar-refractivity contribution in [1.82, 2.24) is 0 Å². The molecule has 2 heterocycles. The van der Waals surface area contributed by atoms with E-state index >= 15 is 0 Å². The minimum atomic E-state index is -0.601. The summed E-state index contributed by atoms with van der Waals surface area (Å²) in [6.45, 7) is 8.71. The molecule has 5 heteroatoms. The van der Waals surface area contributed by atoms with Crippen molar-refractivity contribution < 1.29 is 14.2 Å². The van der Waals surface area contributed by atoms with Crippen LogP contribution in [0.3, 0.4) is 0 Å². The lowest BCUT2D eigenvalue weighted by molar-refractivity contribution is 0.206. The molecule has 1 atom stereocenters. The van der Waals surface area contributed by atoms with Crippen LogP contribution in [0.25, 0.3) is 16.7 Å². The van der Waals surface area contributed by atoms with Gasteiger partial charge in [0, 0.05) is 16.8 Å². The lowest BCUT2D eigenvalue weighted by Gasteiger charge is -2.37. The first kappa shape index (κ1) is 18.4. The van der Waals surface area contributed by atoms with Gasteiger partial charge in [0.15, 0.2) is 6.10 Å². The molecule has 0 saturated heterocycles. The highest BCUT2D eigenvalue weighted by atomic mass is 16.5. The molecule has 2 aliphatic heterocycles. The predicted octanol–water partition coefficient (Wildman–Crippen LogP) is 5.42. The summed E-state index contributed by atoms with van der Waals surface area (Å²) < 4.78 is 17.5. The first-order chi connectivity index (χ1) is 13.4. The monoisotopic (exact) mass is 378 g/mol. The van der Waals surface area contributed by atoms with Crippen LogP contribution < -0.4 is 14.8 Å². The molecule has 0 radical (unpaired) electrons. The van der Waals surface area contributed by atoms with E-state index in [1.807, 2.05) is 25.1 Å². The van der Waals surface area contributed by atoms with Crippen LogP contribution in [0.5, 0.6) is 11.5 Å². The molecule has 28 heavy (non-hydrogen) atoms. The second-order valence-electron chi connectivity index (χ2n) is 7.75. The van der Waals surface area contributed by atoms with E-state index in [1.54, 1.807) is 7.11 Å². The molecular weight excluding hydrogens is 352 g/mol. The Labute approximate surface area is 165 Å². The molecule has 4 rings (SSSR count). The highest BCUT2D eigenvalue weighted by Crippen LogP contribution is 2.52. The highest BCUT2D eigenvalue weighted by molar-refractivity contribution is 5.96. The molecule has 2 aliphatic rings. The number of anilines is 1. The molecule has 0 spiro atoms. The Morgan fingerprint density at radius 2 is 2.00 bits per heavy atom. The average molecular weight is 378 g/mol. The number of hydrogen-bond donors (Lipinski definition) is 2. The Morgan fingerprint density at radius 3 is 2.71 bits per heavy atom. The predicted molar refractivity (Wildman–Crippen MR) is 113 cm³/mol. The van der Waals surface area contributed by atoms with E-state index < -0.39 is 6.10 Å². The number of allylic oxidation sites excluding steroid dienone is 1. The van der Waals surface area contributed by atoms with Crippen molar-refractivity contribution in [3.05, 3.63) is 47.5 Å². The smallest absolute Gasteiger partial charge is 0.227 e. The van der Waals surface area contributed by atoms with Crippen molar-refractivity contribution in [1.29, 1.82) is 5.41 Å². The maximum absolute atomic E-state index is 8.50. The molecule has 5 nitrogen and oxygen atoms in total. The maximum atomic E-state index is 8.50. The zero-order valence-electron chi connectivity index (χ0n) is 17.0. The lowest BCUT2D eigenvalue weighted by atomic mass is 9.81. The molecule has 0 amide bonds. The summed E-state index contributed by atoms with van der Waals surface area (Å²) in [5, 5.41) is 12.1. The first-order valence-corrected chi connectivity index (χ1v) is 9.56. The van der Waals surface area contributed by atoms with E-state index in [2.05, 4.69) is 44.3 Å². The third kappa shape index (κ3) is 2.82. The number of benzene rings is 2. The third-order valence-corrected chi connectivity index (χ3v) is 5.20. The highest BCUT2D eigenvalue weighted by Gasteiger charge is 2.37. The van der Waals surface area contributed by atoms with E-state index in [0.29, 0.717) is 12.4 Å². The minimum Gasteiger partial charge on any atom is -0.496 e. The third-order valence-electron chi connectivity index (χ3n) is 5.20. The van der Waals surface area contributed by atoms with Crippen LogP contribution in [-0.4, -0.2) is 25.2 Å². The molecule has 2 aromatic carbocycles. The van der Waals surface area contributed by atoms with Gasteiger partial charge in [0.1, 0.15) is 11.5 Å². The zero-order chi connectivity index (χ0) is 20.1. The van der Waals surface area contributed by atoms with Crippen LogP contribution in [-0.2, 0) is 4.74 Å². The molecular formula is C23H26N2O3. The Hall–Kier alpha value is -2.95. The van der Waals surface area contributed by atoms with Crippen molar-refractivity contribution in [2.24, 2.45) is 0 Å². The van der Waals surface area contributed by atoms with Crippen LogP contribution in [0.15, 0.2) is 36.4 Å². The van der Waals surface area contributed by atoms with Gasteiger partial charge < -0.3 is 19.5 Å². The Morgan fingerprint density at radius 1 is 1.21 bits per heavy atom. The fourth-order valence-corrected chi connectivity index (χ4v) is 4.28. The van der Waals surface area contributed by atoms with Crippen LogP contribution in [0.4, 0.5) is 5.69 Å². The van der Waals surface area contributed by atoms with Gasteiger partial charge in [0.25, 0.3) is 0 Å². The van der Waals surface area contributed by atoms with Crippen molar-refractivity contribution in [2.45, 2.75) is 39.3 Å². The number of fused-ring (bicyclic) bond motifs is 5. The van der Waals surface area contributed by atoms with Crippen molar-refractivity contribution >= 4 is 17.2 Å². The average Bonchev–Trinajstić information content (AvgIpc) is 2.65. The summed E-state index contributed by atoms with van der Waals surface area (Å²) in [7, 11) is 1.66.